The Balaban J connectivity index is 1.73. The molecule has 160 valence electrons. The number of rotatable bonds is 7. The second-order valence-corrected chi connectivity index (χ2v) is 9.06. The molecule has 1 fully saturated rings. The van der Waals surface area contributed by atoms with E-state index in [1.807, 2.05) is 60.8 Å². The van der Waals surface area contributed by atoms with Gasteiger partial charge in [-0.15, -0.1) is 11.3 Å². The van der Waals surface area contributed by atoms with Crippen molar-refractivity contribution in [2.75, 3.05) is 4.90 Å². The average Bonchev–Trinajstić information content (AvgIpc) is 3.47. The number of nitrogens with zero attached hydrogens (tertiary/aromatic N) is 2. The zero-order chi connectivity index (χ0) is 21.6. The summed E-state index contributed by atoms with van der Waals surface area (Å²) in [5.41, 5.74) is 2.58. The first-order valence-electron chi connectivity index (χ1n) is 10.7. The molecule has 0 bridgehead atoms. The average molecular weight is 434 g/mol. The van der Waals surface area contributed by atoms with Gasteiger partial charge in [-0.25, -0.2) is 0 Å². The first-order chi connectivity index (χ1) is 15.1. The maximum absolute atomic E-state index is 13.6. The van der Waals surface area contributed by atoms with Gasteiger partial charge in [0.2, 0.25) is 11.8 Å². The van der Waals surface area contributed by atoms with Gasteiger partial charge in [0.15, 0.2) is 0 Å². The lowest BCUT2D eigenvalue weighted by atomic mass is 10.0. The molecule has 0 aliphatic heterocycles. The fraction of sp³-hybridized carbons (Fsp3) is 0.320. The summed E-state index contributed by atoms with van der Waals surface area (Å²) in [5.74, 6) is -0.243. The summed E-state index contributed by atoms with van der Waals surface area (Å²) < 4.78 is 0. The molecule has 1 atom stereocenters. The largest absolute Gasteiger partial charge is 0.351 e. The smallest absolute Gasteiger partial charge is 0.248 e. The fourth-order valence-electron chi connectivity index (χ4n) is 4.10. The number of thiophene rings is 1. The van der Waals surface area contributed by atoms with Crippen molar-refractivity contribution < 1.29 is 9.59 Å². The zero-order valence-electron chi connectivity index (χ0n) is 17.7. The van der Waals surface area contributed by atoms with Crippen molar-refractivity contribution >= 4 is 28.8 Å². The summed E-state index contributed by atoms with van der Waals surface area (Å²) in [6.45, 7) is 2.01. The molecule has 1 N–H and O–H groups in total. The quantitative estimate of drug-likeness (QED) is 0.581. The topological polar surface area (TPSA) is 62.3 Å². The van der Waals surface area contributed by atoms with Gasteiger partial charge in [-0.2, -0.15) is 0 Å². The number of carbonyl (C=O) groups is 2. The summed E-state index contributed by atoms with van der Waals surface area (Å²) in [6.07, 6.45) is 7.83. The monoisotopic (exact) mass is 433 g/mol. The van der Waals surface area contributed by atoms with E-state index in [0.29, 0.717) is 0 Å². The molecule has 1 aliphatic carbocycles. The van der Waals surface area contributed by atoms with Crippen LogP contribution in [0.25, 0.3) is 0 Å². The SMILES string of the molecule is Cc1ccc(N(C(=O)Cc2cccs2)[C@@H](C(=O)NC2CCCC2)c2ccncc2)cc1. The third-order valence-corrected chi connectivity index (χ3v) is 6.59. The molecule has 2 amide bonds. The zero-order valence-corrected chi connectivity index (χ0v) is 18.5. The Morgan fingerprint density at radius 3 is 2.45 bits per heavy atom. The molecule has 1 aromatic carbocycles. The number of hydrogen-bond acceptors (Lipinski definition) is 4. The molecule has 0 radical (unpaired) electrons. The van der Waals surface area contributed by atoms with Crippen LogP contribution in [-0.4, -0.2) is 22.8 Å². The number of aromatic nitrogens is 1. The summed E-state index contributed by atoms with van der Waals surface area (Å²) in [6, 6.07) is 14.7. The van der Waals surface area contributed by atoms with Gasteiger partial charge < -0.3 is 5.32 Å². The number of nitrogens with one attached hydrogen (secondary N) is 1. The Morgan fingerprint density at radius 2 is 1.81 bits per heavy atom. The lowest BCUT2D eigenvalue weighted by Crippen LogP contribution is -2.46. The van der Waals surface area contributed by atoms with E-state index >= 15 is 0 Å². The number of anilines is 1. The van der Waals surface area contributed by atoms with Gasteiger partial charge in [0.05, 0.1) is 6.42 Å². The van der Waals surface area contributed by atoms with Crippen LogP contribution in [0.2, 0.25) is 0 Å². The molecule has 1 saturated carbocycles. The van der Waals surface area contributed by atoms with E-state index in [-0.39, 0.29) is 24.3 Å². The highest BCUT2D eigenvalue weighted by Crippen LogP contribution is 2.30. The number of pyridine rings is 1. The van der Waals surface area contributed by atoms with Crippen LogP contribution in [0.3, 0.4) is 0 Å². The van der Waals surface area contributed by atoms with Crippen LogP contribution in [0.5, 0.6) is 0 Å². The van der Waals surface area contributed by atoms with Crippen LogP contribution >= 0.6 is 11.3 Å². The Kier molecular flexibility index (Phi) is 6.77. The molecule has 0 saturated heterocycles. The fourth-order valence-corrected chi connectivity index (χ4v) is 4.80. The number of aryl methyl sites for hydroxylation is 1. The van der Waals surface area contributed by atoms with Gasteiger partial charge in [-0.05, 0) is 61.0 Å². The van der Waals surface area contributed by atoms with Crippen LogP contribution in [0.4, 0.5) is 5.69 Å². The highest BCUT2D eigenvalue weighted by molar-refractivity contribution is 7.10. The summed E-state index contributed by atoms with van der Waals surface area (Å²) in [4.78, 5) is 33.9. The molecule has 2 heterocycles. The molecule has 1 aliphatic rings. The predicted molar refractivity (Wildman–Crippen MR) is 124 cm³/mol. The molecule has 6 heteroatoms. The number of carbonyl (C=O) groups excluding carboxylic acids is 2. The van der Waals surface area contributed by atoms with Gasteiger partial charge in [0, 0.05) is 29.0 Å². The third-order valence-electron chi connectivity index (χ3n) is 5.72. The second-order valence-electron chi connectivity index (χ2n) is 8.03. The predicted octanol–water partition coefficient (Wildman–Crippen LogP) is 4.83. The van der Waals surface area contributed by atoms with Crippen molar-refractivity contribution in [3.63, 3.8) is 0 Å². The molecule has 3 aromatic rings. The minimum atomic E-state index is -0.751. The van der Waals surface area contributed by atoms with E-state index in [0.717, 1.165) is 47.4 Å². The Hall–Kier alpha value is -2.99. The van der Waals surface area contributed by atoms with Crippen molar-refractivity contribution in [1.82, 2.24) is 10.3 Å². The lowest BCUT2D eigenvalue weighted by Gasteiger charge is -2.32. The van der Waals surface area contributed by atoms with Crippen molar-refractivity contribution in [3.8, 4) is 0 Å². The van der Waals surface area contributed by atoms with E-state index in [4.69, 9.17) is 0 Å². The van der Waals surface area contributed by atoms with Crippen LogP contribution in [-0.2, 0) is 16.0 Å². The first kappa shape index (κ1) is 21.2. The highest BCUT2D eigenvalue weighted by Gasteiger charge is 2.34. The number of hydrogen-bond donors (Lipinski definition) is 1. The molecular weight excluding hydrogens is 406 g/mol. The maximum atomic E-state index is 13.6. The third kappa shape index (κ3) is 5.20. The van der Waals surface area contributed by atoms with E-state index < -0.39 is 6.04 Å². The minimum absolute atomic E-state index is 0.102. The summed E-state index contributed by atoms with van der Waals surface area (Å²) >= 11 is 1.55. The van der Waals surface area contributed by atoms with Gasteiger partial charge >= 0.3 is 0 Å². The van der Waals surface area contributed by atoms with Crippen LogP contribution in [0.15, 0.2) is 66.3 Å². The molecule has 4 rings (SSSR count). The van der Waals surface area contributed by atoms with E-state index in [1.54, 1.807) is 28.6 Å². The molecule has 5 nitrogen and oxygen atoms in total. The standard InChI is InChI=1S/C25H27N3O2S/c1-18-8-10-21(11-9-18)28(23(29)17-22-7-4-16-31-22)24(19-12-14-26-15-13-19)25(30)27-20-5-2-3-6-20/h4,7-16,20,24H,2-3,5-6,17H2,1H3,(H,27,30)/t24-/m1/s1. The molecule has 2 aromatic heterocycles. The van der Waals surface area contributed by atoms with Crippen molar-refractivity contribution in [1.29, 1.82) is 0 Å². The molecule has 0 spiro atoms. The van der Waals surface area contributed by atoms with Crippen LogP contribution in [0, 0.1) is 6.92 Å². The van der Waals surface area contributed by atoms with Crippen LogP contribution in [0.1, 0.15) is 47.7 Å². The number of benzene rings is 1. The van der Waals surface area contributed by atoms with Crippen molar-refractivity contribution in [2.24, 2.45) is 0 Å². The molecular formula is C25H27N3O2S. The van der Waals surface area contributed by atoms with E-state index in [2.05, 4.69) is 10.3 Å². The summed E-state index contributed by atoms with van der Waals surface area (Å²) in [5, 5.41) is 5.17. The maximum Gasteiger partial charge on any atom is 0.248 e. The molecule has 0 unspecified atom stereocenters. The van der Waals surface area contributed by atoms with Crippen molar-refractivity contribution in [3.05, 3.63) is 82.3 Å². The Morgan fingerprint density at radius 1 is 1.10 bits per heavy atom. The van der Waals surface area contributed by atoms with Crippen LogP contribution < -0.4 is 10.2 Å². The van der Waals surface area contributed by atoms with E-state index in [9.17, 15) is 9.59 Å². The molecule has 31 heavy (non-hydrogen) atoms. The minimum Gasteiger partial charge on any atom is -0.351 e. The van der Waals surface area contributed by atoms with E-state index in [1.165, 1.54) is 0 Å². The lowest BCUT2D eigenvalue weighted by molar-refractivity contribution is -0.127. The van der Waals surface area contributed by atoms with Gasteiger partial charge in [-0.3, -0.25) is 19.5 Å². The van der Waals surface area contributed by atoms with Gasteiger partial charge in [0.25, 0.3) is 0 Å². The normalized spacial score (nSPS) is 14.9. The Bertz CT molecular complexity index is 997. The van der Waals surface area contributed by atoms with Gasteiger partial charge in [0.1, 0.15) is 6.04 Å². The van der Waals surface area contributed by atoms with Gasteiger partial charge in [-0.1, -0.05) is 36.6 Å². The second kappa shape index (κ2) is 9.88. The first-order valence-corrected chi connectivity index (χ1v) is 11.6. The summed E-state index contributed by atoms with van der Waals surface area (Å²) in [7, 11) is 0. The Labute approximate surface area is 187 Å². The van der Waals surface area contributed by atoms with Crippen molar-refractivity contribution in [2.45, 2.75) is 51.1 Å². The highest BCUT2D eigenvalue weighted by atomic mass is 32.1. The number of amides is 2.